The number of amides is 1. The van der Waals surface area contributed by atoms with Crippen LogP contribution in [0.25, 0.3) is 0 Å². The quantitative estimate of drug-likeness (QED) is 0.781. The second-order valence-corrected chi connectivity index (χ2v) is 6.16. The maximum Gasteiger partial charge on any atom is 0.238 e. The number of halogens is 1. The monoisotopic (exact) mass is 347 g/mol. The lowest BCUT2D eigenvalue weighted by Gasteiger charge is -2.17. The van der Waals surface area contributed by atoms with Crippen LogP contribution in [0.3, 0.4) is 0 Å². The Bertz CT molecular complexity index is 686. The van der Waals surface area contributed by atoms with Crippen molar-refractivity contribution in [2.75, 3.05) is 32.1 Å². The van der Waals surface area contributed by atoms with Crippen molar-refractivity contribution in [2.45, 2.75) is 13.8 Å². The molecular weight excluding hydrogens is 326 g/mol. The summed E-state index contributed by atoms with van der Waals surface area (Å²) in [6.45, 7) is 5.49. The summed E-state index contributed by atoms with van der Waals surface area (Å²) >= 11 is 5.92. The minimum absolute atomic E-state index is 0.140. The first kappa shape index (κ1) is 18.2. The largest absolute Gasteiger partial charge is 0.492 e. The average Bonchev–Trinajstić information content (AvgIpc) is 2.48. The molecule has 5 nitrogen and oxygen atoms in total. The third-order valence-corrected chi connectivity index (χ3v) is 3.68. The highest BCUT2D eigenvalue weighted by molar-refractivity contribution is 6.32. The van der Waals surface area contributed by atoms with Crippen LogP contribution in [0.4, 0.5) is 5.69 Å². The van der Waals surface area contributed by atoms with Gasteiger partial charge in [0.25, 0.3) is 0 Å². The standard InChI is InChI=1S/C18H22ClN3O2/c1-13-9-14(2)11-15(10-13)24-8-7-22(3)12-17(23)21-16-5-4-6-20-18(16)19/h4-6,9-11H,7-8,12H2,1-3H3,(H,21,23). The van der Waals surface area contributed by atoms with Gasteiger partial charge in [0.1, 0.15) is 12.4 Å². The van der Waals surface area contributed by atoms with Crippen LogP contribution in [0.15, 0.2) is 36.5 Å². The maximum absolute atomic E-state index is 12.0. The predicted molar refractivity (Wildman–Crippen MR) is 96.8 cm³/mol. The van der Waals surface area contributed by atoms with Crippen molar-refractivity contribution in [1.29, 1.82) is 0 Å². The molecule has 24 heavy (non-hydrogen) atoms. The van der Waals surface area contributed by atoms with Crippen LogP contribution in [0.1, 0.15) is 11.1 Å². The highest BCUT2D eigenvalue weighted by atomic mass is 35.5. The topological polar surface area (TPSA) is 54.5 Å². The zero-order chi connectivity index (χ0) is 17.5. The highest BCUT2D eigenvalue weighted by Gasteiger charge is 2.09. The van der Waals surface area contributed by atoms with E-state index in [1.807, 2.05) is 37.9 Å². The van der Waals surface area contributed by atoms with E-state index >= 15 is 0 Å². The SMILES string of the molecule is Cc1cc(C)cc(OCCN(C)CC(=O)Nc2cccnc2Cl)c1. The molecule has 0 saturated carbocycles. The Hall–Kier alpha value is -2.11. The number of aryl methyl sites for hydroxylation is 2. The van der Waals surface area contributed by atoms with Gasteiger partial charge in [0.2, 0.25) is 5.91 Å². The lowest BCUT2D eigenvalue weighted by atomic mass is 10.1. The molecule has 1 aromatic heterocycles. The minimum atomic E-state index is -0.140. The van der Waals surface area contributed by atoms with Crippen LogP contribution in [-0.2, 0) is 4.79 Å². The average molecular weight is 348 g/mol. The maximum atomic E-state index is 12.0. The zero-order valence-corrected chi connectivity index (χ0v) is 14.9. The zero-order valence-electron chi connectivity index (χ0n) is 14.2. The van der Waals surface area contributed by atoms with E-state index in [9.17, 15) is 4.79 Å². The third-order valence-electron chi connectivity index (χ3n) is 3.38. The van der Waals surface area contributed by atoms with Gasteiger partial charge >= 0.3 is 0 Å². The molecular formula is C18H22ClN3O2. The molecule has 0 aliphatic carbocycles. The van der Waals surface area contributed by atoms with Crippen LogP contribution in [0.2, 0.25) is 5.15 Å². The van der Waals surface area contributed by atoms with Crippen molar-refractivity contribution in [3.05, 3.63) is 52.8 Å². The number of anilines is 1. The molecule has 1 amide bonds. The van der Waals surface area contributed by atoms with E-state index in [4.69, 9.17) is 16.3 Å². The van der Waals surface area contributed by atoms with Crippen LogP contribution in [0, 0.1) is 13.8 Å². The molecule has 0 fully saturated rings. The van der Waals surface area contributed by atoms with Gasteiger partial charge < -0.3 is 10.1 Å². The van der Waals surface area contributed by atoms with E-state index in [1.165, 1.54) is 11.1 Å². The van der Waals surface area contributed by atoms with Crippen molar-refractivity contribution in [3.63, 3.8) is 0 Å². The van der Waals surface area contributed by atoms with Gasteiger partial charge in [-0.2, -0.15) is 0 Å². The minimum Gasteiger partial charge on any atom is -0.492 e. The number of rotatable bonds is 7. The number of carbonyl (C=O) groups is 1. The van der Waals surface area contributed by atoms with E-state index in [1.54, 1.807) is 18.3 Å². The number of carbonyl (C=O) groups excluding carboxylic acids is 1. The van der Waals surface area contributed by atoms with Crippen molar-refractivity contribution in [2.24, 2.45) is 0 Å². The Kier molecular flexibility index (Phi) is 6.58. The summed E-state index contributed by atoms with van der Waals surface area (Å²) < 4.78 is 5.75. The van der Waals surface area contributed by atoms with Crippen molar-refractivity contribution in [1.82, 2.24) is 9.88 Å². The van der Waals surface area contributed by atoms with Gasteiger partial charge in [-0.25, -0.2) is 4.98 Å². The summed E-state index contributed by atoms with van der Waals surface area (Å²) in [5.41, 5.74) is 2.86. The van der Waals surface area contributed by atoms with E-state index in [-0.39, 0.29) is 17.6 Å². The molecule has 2 aromatic rings. The Morgan fingerprint density at radius 1 is 1.29 bits per heavy atom. The lowest BCUT2D eigenvalue weighted by molar-refractivity contribution is -0.117. The van der Waals surface area contributed by atoms with E-state index in [0.717, 1.165) is 5.75 Å². The van der Waals surface area contributed by atoms with Gasteiger partial charge in [0.15, 0.2) is 5.15 Å². The number of hydrogen-bond donors (Lipinski definition) is 1. The number of nitrogens with one attached hydrogen (secondary N) is 1. The molecule has 0 unspecified atom stereocenters. The van der Waals surface area contributed by atoms with E-state index in [2.05, 4.69) is 16.4 Å². The van der Waals surface area contributed by atoms with Gasteiger partial charge in [-0.3, -0.25) is 9.69 Å². The Balaban J connectivity index is 1.75. The molecule has 0 aliphatic rings. The van der Waals surface area contributed by atoms with Crippen LogP contribution >= 0.6 is 11.6 Å². The number of benzene rings is 1. The number of ether oxygens (including phenoxy) is 1. The summed E-state index contributed by atoms with van der Waals surface area (Å²) in [7, 11) is 1.87. The Morgan fingerprint density at radius 2 is 2.00 bits per heavy atom. The van der Waals surface area contributed by atoms with Crippen molar-refractivity contribution < 1.29 is 9.53 Å². The fourth-order valence-corrected chi connectivity index (χ4v) is 2.50. The number of nitrogens with zero attached hydrogens (tertiary/aromatic N) is 2. The Morgan fingerprint density at radius 3 is 2.67 bits per heavy atom. The highest BCUT2D eigenvalue weighted by Crippen LogP contribution is 2.17. The van der Waals surface area contributed by atoms with E-state index in [0.29, 0.717) is 18.8 Å². The molecule has 0 bridgehead atoms. The molecule has 1 N–H and O–H groups in total. The summed E-state index contributed by atoms with van der Waals surface area (Å²) in [6.07, 6.45) is 1.58. The summed E-state index contributed by atoms with van der Waals surface area (Å²) in [6, 6.07) is 9.56. The summed E-state index contributed by atoms with van der Waals surface area (Å²) in [4.78, 5) is 17.8. The molecule has 0 spiro atoms. The number of aromatic nitrogens is 1. The third kappa shape index (κ3) is 5.83. The molecule has 0 radical (unpaired) electrons. The van der Waals surface area contributed by atoms with Crippen LogP contribution in [0.5, 0.6) is 5.75 Å². The van der Waals surface area contributed by atoms with Gasteiger partial charge in [0, 0.05) is 12.7 Å². The lowest BCUT2D eigenvalue weighted by Crippen LogP contribution is -2.33. The molecule has 6 heteroatoms. The van der Waals surface area contributed by atoms with Crippen LogP contribution < -0.4 is 10.1 Å². The fraction of sp³-hybridized carbons (Fsp3) is 0.333. The summed E-state index contributed by atoms with van der Waals surface area (Å²) in [5.74, 6) is 0.714. The van der Waals surface area contributed by atoms with Crippen molar-refractivity contribution >= 4 is 23.2 Å². The molecule has 1 heterocycles. The smallest absolute Gasteiger partial charge is 0.238 e. The number of hydrogen-bond acceptors (Lipinski definition) is 4. The first-order valence-corrected chi connectivity index (χ1v) is 8.12. The number of pyridine rings is 1. The predicted octanol–water partition coefficient (Wildman–Crippen LogP) is 3.30. The van der Waals surface area contributed by atoms with Gasteiger partial charge in [-0.15, -0.1) is 0 Å². The molecule has 0 aliphatic heterocycles. The first-order valence-electron chi connectivity index (χ1n) is 7.74. The fourth-order valence-electron chi connectivity index (χ4n) is 2.33. The van der Waals surface area contributed by atoms with Gasteiger partial charge in [-0.1, -0.05) is 17.7 Å². The second kappa shape index (κ2) is 8.66. The molecule has 0 saturated heterocycles. The molecule has 2 rings (SSSR count). The first-order chi connectivity index (χ1) is 11.4. The van der Waals surface area contributed by atoms with E-state index < -0.39 is 0 Å². The molecule has 128 valence electrons. The summed E-state index contributed by atoms with van der Waals surface area (Å²) in [5, 5.41) is 3.03. The number of likely N-dealkylation sites (N-methyl/N-ethyl adjacent to an activating group) is 1. The second-order valence-electron chi connectivity index (χ2n) is 5.80. The van der Waals surface area contributed by atoms with Gasteiger partial charge in [0.05, 0.1) is 12.2 Å². The van der Waals surface area contributed by atoms with Crippen LogP contribution in [-0.4, -0.2) is 42.5 Å². The van der Waals surface area contributed by atoms with Crippen molar-refractivity contribution in [3.8, 4) is 5.75 Å². The normalized spacial score (nSPS) is 10.7. The molecule has 1 aromatic carbocycles. The van der Waals surface area contributed by atoms with Gasteiger partial charge in [-0.05, 0) is 56.3 Å². The molecule has 0 atom stereocenters. The Labute approximate surface area is 147 Å².